The minimum Gasteiger partial charge on any atom is -0.495 e. The van der Waals surface area contributed by atoms with Crippen molar-refractivity contribution in [2.45, 2.75) is 25.9 Å². The number of hydrogen-bond donors (Lipinski definition) is 1. The molecule has 2 aromatic heterocycles. The minimum absolute atomic E-state index is 0.0543. The Morgan fingerprint density at radius 1 is 1.21 bits per heavy atom. The molecule has 0 spiro atoms. The molecule has 174 valence electrons. The van der Waals surface area contributed by atoms with Gasteiger partial charge in [-0.25, -0.2) is 4.98 Å². The van der Waals surface area contributed by atoms with Crippen molar-refractivity contribution in [1.29, 1.82) is 0 Å². The highest BCUT2D eigenvalue weighted by Gasteiger charge is 2.23. The normalized spacial score (nSPS) is 11.1. The van der Waals surface area contributed by atoms with Gasteiger partial charge in [0.2, 0.25) is 0 Å². The summed E-state index contributed by atoms with van der Waals surface area (Å²) in [6.45, 7) is 4.99. The Morgan fingerprint density at radius 2 is 1.94 bits per heavy atom. The van der Waals surface area contributed by atoms with Crippen molar-refractivity contribution in [1.82, 2.24) is 14.5 Å². The Hall–Kier alpha value is -3.92. The van der Waals surface area contributed by atoms with Crippen LogP contribution in [0.1, 0.15) is 39.0 Å². The summed E-state index contributed by atoms with van der Waals surface area (Å²) in [4.78, 5) is 43.4. The number of nitrogens with one attached hydrogen (secondary N) is 1. The molecule has 9 nitrogen and oxygen atoms in total. The van der Waals surface area contributed by atoms with E-state index in [1.807, 2.05) is 22.8 Å². The van der Waals surface area contributed by atoms with E-state index in [0.717, 1.165) is 0 Å². The molecule has 0 amide bonds. The number of nitrogens with zero attached hydrogens (tertiary/aromatic N) is 3. The van der Waals surface area contributed by atoms with Crippen molar-refractivity contribution < 1.29 is 19.2 Å². The lowest BCUT2D eigenvalue weighted by Crippen LogP contribution is -2.07. The van der Waals surface area contributed by atoms with Crippen LogP contribution in [0.4, 0.5) is 5.69 Å². The summed E-state index contributed by atoms with van der Waals surface area (Å²) in [5.74, 6) is 0.370. The fourth-order valence-electron chi connectivity index (χ4n) is 4.06. The SMILES string of the molecule is COc1ccccc1-n1c(SCC(=O)c2[nH]c(C)c(C(C)=O)c2C)nc2cc([N+](=O)[O-])ccc21. The minimum atomic E-state index is -0.471. The van der Waals surface area contributed by atoms with Crippen LogP contribution >= 0.6 is 11.8 Å². The maximum absolute atomic E-state index is 13.0. The lowest BCUT2D eigenvalue weighted by atomic mass is 10.1. The fraction of sp³-hybridized carbons (Fsp3) is 0.208. The third-order valence-electron chi connectivity index (χ3n) is 5.54. The number of methoxy groups -OCH3 is 1. The van der Waals surface area contributed by atoms with Crippen molar-refractivity contribution in [2.24, 2.45) is 0 Å². The van der Waals surface area contributed by atoms with Gasteiger partial charge >= 0.3 is 0 Å². The van der Waals surface area contributed by atoms with Gasteiger partial charge in [0.25, 0.3) is 5.69 Å². The van der Waals surface area contributed by atoms with Crippen LogP contribution in [0.25, 0.3) is 16.7 Å². The molecule has 0 aliphatic heterocycles. The second kappa shape index (κ2) is 9.14. The summed E-state index contributed by atoms with van der Waals surface area (Å²) in [7, 11) is 1.56. The molecule has 4 rings (SSSR count). The molecule has 10 heteroatoms. The monoisotopic (exact) mass is 478 g/mol. The van der Waals surface area contributed by atoms with Gasteiger partial charge in [-0.1, -0.05) is 23.9 Å². The molecule has 2 heterocycles. The summed E-state index contributed by atoms with van der Waals surface area (Å²) in [6, 6.07) is 11.8. The quantitative estimate of drug-likeness (QED) is 0.163. The number of imidazole rings is 1. The number of nitro benzene ring substituents is 1. The highest BCUT2D eigenvalue weighted by Crippen LogP contribution is 2.34. The van der Waals surface area contributed by atoms with Crippen LogP contribution in [0.5, 0.6) is 5.75 Å². The van der Waals surface area contributed by atoms with Crippen molar-refractivity contribution in [3.8, 4) is 11.4 Å². The second-order valence-corrected chi connectivity index (χ2v) is 8.67. The molecule has 0 aliphatic carbocycles. The van der Waals surface area contributed by atoms with Crippen molar-refractivity contribution >= 4 is 40.0 Å². The first-order valence-electron chi connectivity index (χ1n) is 10.4. The smallest absolute Gasteiger partial charge is 0.271 e. The number of non-ortho nitro benzene ring substituents is 1. The maximum atomic E-state index is 13.0. The molecule has 0 bridgehead atoms. The number of Topliss-reactive ketones (excluding diaryl/α,β-unsaturated/α-hetero) is 2. The molecule has 0 aliphatic rings. The van der Waals surface area contributed by atoms with Crippen LogP contribution < -0.4 is 4.74 Å². The number of nitro groups is 1. The van der Waals surface area contributed by atoms with Gasteiger partial charge in [0.1, 0.15) is 5.75 Å². The number of rotatable bonds is 8. The first kappa shape index (κ1) is 23.2. The lowest BCUT2D eigenvalue weighted by molar-refractivity contribution is -0.384. The molecule has 0 atom stereocenters. The number of carbonyl (C=O) groups excluding carboxylic acids is 2. The zero-order chi connectivity index (χ0) is 24.6. The number of aromatic amines is 1. The summed E-state index contributed by atoms with van der Waals surface area (Å²) < 4.78 is 7.34. The Labute approximate surface area is 199 Å². The highest BCUT2D eigenvalue weighted by atomic mass is 32.2. The van der Waals surface area contributed by atoms with Gasteiger partial charge in [-0.3, -0.25) is 24.3 Å². The molecule has 1 N–H and O–H groups in total. The Bertz CT molecular complexity index is 1450. The first-order chi connectivity index (χ1) is 16.2. The zero-order valence-corrected chi connectivity index (χ0v) is 19.9. The van der Waals surface area contributed by atoms with Gasteiger partial charge in [-0.05, 0) is 44.5 Å². The highest BCUT2D eigenvalue weighted by molar-refractivity contribution is 7.99. The van der Waals surface area contributed by atoms with Crippen LogP contribution in [0.15, 0.2) is 47.6 Å². The topological polar surface area (TPSA) is 120 Å². The number of ketones is 2. The largest absolute Gasteiger partial charge is 0.495 e. The third kappa shape index (κ3) is 4.08. The number of ether oxygens (including phenoxy) is 1. The molecule has 0 radical (unpaired) electrons. The van der Waals surface area contributed by atoms with E-state index in [-0.39, 0.29) is 23.0 Å². The summed E-state index contributed by atoms with van der Waals surface area (Å²) in [6.07, 6.45) is 0. The van der Waals surface area contributed by atoms with Gasteiger partial charge in [0.15, 0.2) is 16.7 Å². The van der Waals surface area contributed by atoms with E-state index >= 15 is 0 Å². The first-order valence-corrected chi connectivity index (χ1v) is 11.4. The van der Waals surface area contributed by atoms with Crippen LogP contribution in [-0.4, -0.2) is 43.9 Å². The van der Waals surface area contributed by atoms with Gasteiger partial charge < -0.3 is 9.72 Å². The van der Waals surface area contributed by atoms with E-state index in [1.54, 1.807) is 33.1 Å². The van der Waals surface area contributed by atoms with E-state index in [2.05, 4.69) is 9.97 Å². The van der Waals surface area contributed by atoms with Gasteiger partial charge in [-0.2, -0.15) is 0 Å². The van der Waals surface area contributed by atoms with Crippen LogP contribution in [-0.2, 0) is 0 Å². The van der Waals surface area contributed by atoms with E-state index in [9.17, 15) is 19.7 Å². The molecular formula is C24H22N4O5S. The molecule has 0 unspecified atom stereocenters. The average molecular weight is 479 g/mol. The summed E-state index contributed by atoms with van der Waals surface area (Å²) in [5, 5.41) is 11.7. The standard InChI is InChI=1S/C24H22N4O5S/c1-13-22(15(3)29)14(2)25-23(13)20(30)12-34-24-26-17-11-16(28(31)32)9-10-18(17)27(24)19-7-5-6-8-21(19)33-4/h5-11,25H,12H2,1-4H3. The van der Waals surface area contributed by atoms with Crippen LogP contribution in [0.3, 0.4) is 0 Å². The van der Waals surface area contributed by atoms with Crippen LogP contribution in [0.2, 0.25) is 0 Å². The summed E-state index contributed by atoms with van der Waals surface area (Å²) >= 11 is 1.21. The third-order valence-corrected chi connectivity index (χ3v) is 6.48. The predicted octanol–water partition coefficient (Wildman–Crippen LogP) is 5.06. The van der Waals surface area contributed by atoms with Crippen molar-refractivity contribution in [2.75, 3.05) is 12.9 Å². The predicted molar refractivity (Wildman–Crippen MR) is 130 cm³/mol. The number of para-hydroxylation sites is 2. The molecule has 0 saturated carbocycles. The number of carbonyl (C=O) groups is 2. The van der Waals surface area contributed by atoms with Crippen molar-refractivity contribution in [3.63, 3.8) is 0 Å². The Morgan fingerprint density at radius 3 is 2.59 bits per heavy atom. The summed E-state index contributed by atoms with van der Waals surface area (Å²) in [5.41, 5.74) is 3.92. The van der Waals surface area contributed by atoms with E-state index < -0.39 is 4.92 Å². The molecule has 4 aromatic rings. The number of fused-ring (bicyclic) bond motifs is 1. The van der Waals surface area contributed by atoms with E-state index in [4.69, 9.17) is 4.74 Å². The van der Waals surface area contributed by atoms with Gasteiger partial charge in [0.05, 0.1) is 40.2 Å². The number of thioether (sulfide) groups is 1. The molecule has 0 fully saturated rings. The average Bonchev–Trinajstić information content (AvgIpc) is 3.32. The lowest BCUT2D eigenvalue weighted by Gasteiger charge is -2.12. The van der Waals surface area contributed by atoms with Crippen LogP contribution in [0, 0.1) is 24.0 Å². The Balaban J connectivity index is 1.76. The number of aryl methyl sites for hydroxylation is 1. The van der Waals surface area contributed by atoms with E-state index in [1.165, 1.54) is 30.8 Å². The number of hydrogen-bond acceptors (Lipinski definition) is 7. The Kier molecular flexibility index (Phi) is 6.25. The molecule has 34 heavy (non-hydrogen) atoms. The molecule has 0 saturated heterocycles. The zero-order valence-electron chi connectivity index (χ0n) is 19.0. The van der Waals surface area contributed by atoms with E-state index in [0.29, 0.717) is 50.1 Å². The van der Waals surface area contributed by atoms with Crippen molar-refractivity contribution in [3.05, 3.63) is 75.1 Å². The second-order valence-electron chi connectivity index (χ2n) is 7.72. The number of H-pyrrole nitrogens is 1. The molecular weight excluding hydrogens is 456 g/mol. The molecule has 2 aromatic carbocycles. The van der Waals surface area contributed by atoms with Gasteiger partial charge in [-0.15, -0.1) is 0 Å². The fourth-order valence-corrected chi connectivity index (χ4v) is 4.96. The number of aromatic nitrogens is 3. The number of benzene rings is 2. The maximum Gasteiger partial charge on any atom is 0.271 e. The van der Waals surface area contributed by atoms with Gasteiger partial charge in [0, 0.05) is 23.4 Å².